The van der Waals surface area contributed by atoms with Crippen LogP contribution in [-0.2, 0) is 9.53 Å². The van der Waals surface area contributed by atoms with Gasteiger partial charge >= 0.3 is 12.1 Å². The highest BCUT2D eigenvalue weighted by Gasteiger charge is 2.47. The minimum Gasteiger partial charge on any atom is -0.481 e. The van der Waals surface area contributed by atoms with Gasteiger partial charge in [-0.1, -0.05) is 6.08 Å². The standard InChI is InChI=1S/C11H17NO4/c1-10(2,3)16-9(15)12-7-6-11(4-5-11)8(13)14/h6-7H,4-5H2,1-3H3,(H,12,15)(H,13,14). The van der Waals surface area contributed by atoms with Crippen molar-refractivity contribution >= 4 is 12.1 Å². The summed E-state index contributed by atoms with van der Waals surface area (Å²) in [6, 6.07) is 0. The molecule has 16 heavy (non-hydrogen) atoms. The summed E-state index contributed by atoms with van der Waals surface area (Å²) < 4.78 is 4.98. The molecule has 1 amide bonds. The number of rotatable bonds is 3. The van der Waals surface area contributed by atoms with E-state index >= 15 is 0 Å². The molecule has 0 aromatic carbocycles. The molecule has 1 aliphatic carbocycles. The highest BCUT2D eigenvalue weighted by atomic mass is 16.6. The van der Waals surface area contributed by atoms with Crippen molar-refractivity contribution in [3.05, 3.63) is 12.3 Å². The Morgan fingerprint density at radius 2 is 1.94 bits per heavy atom. The van der Waals surface area contributed by atoms with Gasteiger partial charge in [-0.05, 0) is 33.6 Å². The Bertz CT molecular complexity index is 323. The van der Waals surface area contributed by atoms with Gasteiger partial charge in [-0.3, -0.25) is 10.1 Å². The Morgan fingerprint density at radius 3 is 2.31 bits per heavy atom. The average molecular weight is 227 g/mol. The molecule has 0 radical (unpaired) electrons. The Balaban J connectivity index is 2.38. The van der Waals surface area contributed by atoms with Crippen molar-refractivity contribution in [2.75, 3.05) is 0 Å². The van der Waals surface area contributed by atoms with E-state index in [4.69, 9.17) is 9.84 Å². The second-order valence-electron chi connectivity index (χ2n) is 4.94. The van der Waals surface area contributed by atoms with Gasteiger partial charge in [-0.25, -0.2) is 4.79 Å². The van der Waals surface area contributed by atoms with Crippen LogP contribution in [0.2, 0.25) is 0 Å². The largest absolute Gasteiger partial charge is 0.481 e. The summed E-state index contributed by atoms with van der Waals surface area (Å²) in [6.45, 7) is 5.28. The number of carboxylic acid groups (broad SMARTS) is 1. The van der Waals surface area contributed by atoms with Crippen molar-refractivity contribution in [2.45, 2.75) is 39.2 Å². The van der Waals surface area contributed by atoms with E-state index in [0.29, 0.717) is 12.8 Å². The minimum absolute atomic E-state index is 0.554. The molecular formula is C11H17NO4. The molecule has 5 nitrogen and oxygen atoms in total. The van der Waals surface area contributed by atoms with E-state index in [0.717, 1.165) is 0 Å². The number of alkyl carbamates (subject to hydrolysis) is 1. The van der Waals surface area contributed by atoms with Gasteiger partial charge in [0.05, 0.1) is 5.41 Å². The Morgan fingerprint density at radius 1 is 1.38 bits per heavy atom. The fraction of sp³-hybridized carbons (Fsp3) is 0.636. The molecule has 2 N–H and O–H groups in total. The molecule has 0 atom stereocenters. The molecule has 5 heteroatoms. The van der Waals surface area contributed by atoms with Crippen LogP contribution in [0, 0.1) is 5.41 Å². The van der Waals surface area contributed by atoms with Gasteiger partial charge in [0, 0.05) is 6.20 Å². The second-order valence-corrected chi connectivity index (χ2v) is 4.94. The molecule has 0 bridgehead atoms. The number of aliphatic carboxylic acids is 1. The monoisotopic (exact) mass is 227 g/mol. The third-order valence-corrected chi connectivity index (χ3v) is 2.22. The maximum absolute atomic E-state index is 11.2. The second kappa shape index (κ2) is 4.15. The summed E-state index contributed by atoms with van der Waals surface area (Å²) in [4.78, 5) is 22.0. The molecular weight excluding hydrogens is 210 g/mol. The summed E-state index contributed by atoms with van der Waals surface area (Å²) in [5.41, 5.74) is -1.32. The summed E-state index contributed by atoms with van der Waals surface area (Å²) in [5.74, 6) is -0.852. The highest BCUT2D eigenvalue weighted by molar-refractivity contribution is 5.80. The lowest BCUT2D eigenvalue weighted by molar-refractivity contribution is -0.141. The number of ether oxygens (including phenoxy) is 1. The molecule has 0 saturated heterocycles. The van der Waals surface area contributed by atoms with Gasteiger partial charge in [0.1, 0.15) is 5.60 Å². The number of hydrogen-bond donors (Lipinski definition) is 2. The maximum atomic E-state index is 11.2. The predicted molar refractivity (Wildman–Crippen MR) is 57.8 cm³/mol. The van der Waals surface area contributed by atoms with E-state index < -0.39 is 23.1 Å². The normalized spacial score (nSPS) is 18.2. The molecule has 0 aromatic rings. The first-order valence-electron chi connectivity index (χ1n) is 5.16. The van der Waals surface area contributed by atoms with E-state index in [1.807, 2.05) is 0 Å². The fourth-order valence-corrected chi connectivity index (χ4v) is 1.16. The molecule has 0 aliphatic heterocycles. The molecule has 0 aromatic heterocycles. The lowest BCUT2D eigenvalue weighted by Gasteiger charge is -2.18. The van der Waals surface area contributed by atoms with E-state index in [9.17, 15) is 9.59 Å². The number of nitrogens with one attached hydrogen (secondary N) is 1. The lowest BCUT2D eigenvalue weighted by Crippen LogP contribution is -2.30. The van der Waals surface area contributed by atoms with Crippen LogP contribution < -0.4 is 5.32 Å². The summed E-state index contributed by atoms with van der Waals surface area (Å²) in [7, 11) is 0. The first kappa shape index (κ1) is 12.5. The summed E-state index contributed by atoms with van der Waals surface area (Å²) >= 11 is 0. The van der Waals surface area contributed by atoms with E-state index in [1.165, 1.54) is 12.3 Å². The molecule has 1 rings (SSSR count). The van der Waals surface area contributed by atoms with Gasteiger partial charge in [-0.15, -0.1) is 0 Å². The average Bonchev–Trinajstić information content (AvgIpc) is 2.81. The van der Waals surface area contributed by atoms with Gasteiger partial charge in [0.15, 0.2) is 0 Å². The van der Waals surface area contributed by atoms with Gasteiger partial charge in [0.2, 0.25) is 0 Å². The number of amides is 1. The van der Waals surface area contributed by atoms with Crippen molar-refractivity contribution < 1.29 is 19.4 Å². The zero-order valence-corrected chi connectivity index (χ0v) is 9.74. The van der Waals surface area contributed by atoms with Crippen LogP contribution in [0.3, 0.4) is 0 Å². The number of carboxylic acids is 1. The topological polar surface area (TPSA) is 75.6 Å². The van der Waals surface area contributed by atoms with Crippen molar-refractivity contribution in [3.63, 3.8) is 0 Å². The third kappa shape index (κ3) is 3.56. The number of carbonyl (C=O) groups excluding carboxylic acids is 1. The molecule has 1 aliphatic rings. The molecule has 1 saturated carbocycles. The zero-order chi connectivity index (χ0) is 12.4. The first-order valence-corrected chi connectivity index (χ1v) is 5.16. The van der Waals surface area contributed by atoms with Crippen LogP contribution in [0.25, 0.3) is 0 Å². The van der Waals surface area contributed by atoms with Gasteiger partial charge in [-0.2, -0.15) is 0 Å². The zero-order valence-electron chi connectivity index (χ0n) is 9.74. The highest BCUT2D eigenvalue weighted by Crippen LogP contribution is 2.47. The van der Waals surface area contributed by atoms with Crippen molar-refractivity contribution in [3.8, 4) is 0 Å². The van der Waals surface area contributed by atoms with E-state index in [1.54, 1.807) is 20.8 Å². The van der Waals surface area contributed by atoms with Gasteiger partial charge in [0.25, 0.3) is 0 Å². The van der Waals surface area contributed by atoms with Crippen LogP contribution in [-0.4, -0.2) is 22.8 Å². The van der Waals surface area contributed by atoms with Crippen molar-refractivity contribution in [1.29, 1.82) is 0 Å². The quantitative estimate of drug-likeness (QED) is 0.772. The Kier molecular flexibility index (Phi) is 3.26. The van der Waals surface area contributed by atoms with Crippen molar-refractivity contribution in [2.24, 2.45) is 5.41 Å². The Hall–Kier alpha value is -1.52. The molecule has 90 valence electrons. The number of carbonyl (C=O) groups is 2. The van der Waals surface area contributed by atoms with Crippen LogP contribution in [0.15, 0.2) is 12.3 Å². The Labute approximate surface area is 94.5 Å². The summed E-state index contributed by atoms with van der Waals surface area (Å²) in [6.07, 6.45) is 3.50. The van der Waals surface area contributed by atoms with E-state index in [-0.39, 0.29) is 0 Å². The van der Waals surface area contributed by atoms with Crippen LogP contribution >= 0.6 is 0 Å². The molecule has 0 spiro atoms. The summed E-state index contributed by atoms with van der Waals surface area (Å²) in [5, 5.41) is 11.2. The van der Waals surface area contributed by atoms with Crippen LogP contribution in [0.1, 0.15) is 33.6 Å². The molecule has 0 unspecified atom stereocenters. The third-order valence-electron chi connectivity index (χ3n) is 2.22. The SMILES string of the molecule is CC(C)(C)OC(=O)NC=CC1(C(=O)O)CC1. The van der Waals surface area contributed by atoms with Crippen LogP contribution in [0.5, 0.6) is 0 Å². The minimum atomic E-state index is -0.852. The van der Waals surface area contributed by atoms with Crippen LogP contribution in [0.4, 0.5) is 4.79 Å². The van der Waals surface area contributed by atoms with E-state index in [2.05, 4.69) is 5.32 Å². The maximum Gasteiger partial charge on any atom is 0.411 e. The smallest absolute Gasteiger partial charge is 0.411 e. The van der Waals surface area contributed by atoms with Gasteiger partial charge < -0.3 is 9.84 Å². The lowest BCUT2D eigenvalue weighted by atomic mass is 10.1. The fourth-order valence-electron chi connectivity index (χ4n) is 1.16. The first-order chi connectivity index (χ1) is 7.25. The van der Waals surface area contributed by atoms with Crippen molar-refractivity contribution in [1.82, 2.24) is 5.32 Å². The predicted octanol–water partition coefficient (Wildman–Crippen LogP) is 1.89. The molecule has 0 heterocycles. The number of hydrogen-bond acceptors (Lipinski definition) is 3. The molecule has 1 fully saturated rings.